The number of hydrogen-bond donors (Lipinski definition) is 0. The van der Waals surface area contributed by atoms with Crippen molar-refractivity contribution in [2.24, 2.45) is 0 Å². The second kappa shape index (κ2) is 5.11. The number of aryl methyl sites for hydroxylation is 2. The molecule has 1 nitrogen and oxygen atoms in total. The molecule has 0 N–H and O–H groups in total. The third kappa shape index (κ3) is 3.02. The molecule has 3 heteroatoms. The van der Waals surface area contributed by atoms with Crippen molar-refractivity contribution < 1.29 is 4.74 Å². The van der Waals surface area contributed by atoms with E-state index in [1.165, 1.54) is 5.56 Å². The first-order chi connectivity index (χ1) is 8.06. The highest BCUT2D eigenvalue weighted by atomic mass is 79.9. The van der Waals surface area contributed by atoms with Crippen molar-refractivity contribution in [3.8, 4) is 11.5 Å². The van der Waals surface area contributed by atoms with Crippen LogP contribution in [0.4, 0.5) is 0 Å². The third-order valence-electron chi connectivity index (χ3n) is 2.41. The van der Waals surface area contributed by atoms with Crippen molar-refractivity contribution in [1.29, 1.82) is 0 Å². The fourth-order valence-corrected chi connectivity index (χ4v) is 2.53. The van der Waals surface area contributed by atoms with Gasteiger partial charge in [-0.15, -0.1) is 0 Å². The minimum Gasteiger partial charge on any atom is -0.456 e. The van der Waals surface area contributed by atoms with Gasteiger partial charge in [0.15, 0.2) is 0 Å². The summed E-state index contributed by atoms with van der Waals surface area (Å²) in [7, 11) is 0. The number of rotatable bonds is 2. The van der Waals surface area contributed by atoms with E-state index in [9.17, 15) is 0 Å². The Morgan fingerprint density at radius 1 is 1.06 bits per heavy atom. The zero-order valence-electron chi connectivity index (χ0n) is 9.63. The zero-order valence-corrected chi connectivity index (χ0v) is 12.0. The van der Waals surface area contributed by atoms with Crippen LogP contribution in [0.1, 0.15) is 11.1 Å². The minimum atomic E-state index is 0.706. The molecular weight excluding hydrogens is 300 g/mol. The van der Waals surface area contributed by atoms with Crippen LogP contribution < -0.4 is 4.74 Å². The Labute approximate surface area is 115 Å². The minimum absolute atomic E-state index is 0.706. The lowest BCUT2D eigenvalue weighted by atomic mass is 10.1. The topological polar surface area (TPSA) is 9.23 Å². The van der Waals surface area contributed by atoms with Gasteiger partial charge in [-0.05, 0) is 71.2 Å². The Kier molecular flexibility index (Phi) is 3.75. The van der Waals surface area contributed by atoms with Gasteiger partial charge in [0.05, 0.1) is 4.47 Å². The van der Waals surface area contributed by atoms with Crippen LogP contribution in [0.5, 0.6) is 11.5 Å². The van der Waals surface area contributed by atoms with E-state index in [0.29, 0.717) is 5.02 Å². The molecule has 0 atom stereocenters. The maximum atomic E-state index is 5.84. The van der Waals surface area contributed by atoms with Gasteiger partial charge < -0.3 is 4.74 Å². The second-order valence-corrected chi connectivity index (χ2v) is 5.24. The molecule has 0 aliphatic carbocycles. The Morgan fingerprint density at radius 3 is 2.29 bits per heavy atom. The monoisotopic (exact) mass is 310 g/mol. The molecule has 0 unspecified atom stereocenters. The first-order valence-electron chi connectivity index (χ1n) is 5.26. The van der Waals surface area contributed by atoms with Gasteiger partial charge in [0.2, 0.25) is 0 Å². The van der Waals surface area contributed by atoms with Crippen molar-refractivity contribution in [2.75, 3.05) is 0 Å². The normalized spacial score (nSPS) is 10.4. The van der Waals surface area contributed by atoms with Crippen molar-refractivity contribution >= 4 is 27.5 Å². The molecule has 0 saturated carbocycles. The predicted octanol–water partition coefficient (Wildman–Crippen LogP) is 5.51. The number of halogens is 2. The molecular formula is C14H12BrClO. The number of benzene rings is 2. The van der Waals surface area contributed by atoms with E-state index in [4.69, 9.17) is 16.3 Å². The van der Waals surface area contributed by atoms with E-state index in [0.717, 1.165) is 21.5 Å². The summed E-state index contributed by atoms with van der Waals surface area (Å²) >= 11 is 9.35. The lowest BCUT2D eigenvalue weighted by Gasteiger charge is -2.11. The fourth-order valence-electron chi connectivity index (χ4n) is 1.65. The van der Waals surface area contributed by atoms with Crippen molar-refractivity contribution in [2.45, 2.75) is 13.8 Å². The summed E-state index contributed by atoms with van der Waals surface area (Å²) in [6, 6.07) is 11.5. The first kappa shape index (κ1) is 12.5. The maximum Gasteiger partial charge on any atom is 0.144 e. The summed E-state index contributed by atoms with van der Waals surface area (Å²) < 4.78 is 6.81. The van der Waals surface area contributed by atoms with Crippen LogP contribution in [-0.2, 0) is 0 Å². The highest BCUT2D eigenvalue weighted by Gasteiger charge is 2.07. The number of hydrogen-bond acceptors (Lipinski definition) is 1. The van der Waals surface area contributed by atoms with Gasteiger partial charge in [-0.3, -0.25) is 0 Å². The molecule has 0 bridgehead atoms. The summed E-state index contributed by atoms with van der Waals surface area (Å²) in [5.41, 5.74) is 2.31. The lowest BCUT2D eigenvalue weighted by molar-refractivity contribution is 0.475. The molecule has 0 radical (unpaired) electrons. The summed E-state index contributed by atoms with van der Waals surface area (Å²) in [6.45, 7) is 4.09. The molecule has 17 heavy (non-hydrogen) atoms. The first-order valence-corrected chi connectivity index (χ1v) is 6.43. The Morgan fingerprint density at radius 2 is 1.71 bits per heavy atom. The highest BCUT2D eigenvalue weighted by Crippen LogP contribution is 2.34. The summed E-state index contributed by atoms with van der Waals surface area (Å²) in [4.78, 5) is 0. The third-order valence-corrected chi connectivity index (χ3v) is 3.25. The summed E-state index contributed by atoms with van der Waals surface area (Å²) in [5.74, 6) is 1.62. The van der Waals surface area contributed by atoms with E-state index < -0.39 is 0 Å². The molecule has 0 fully saturated rings. The molecule has 2 aromatic rings. The molecule has 2 aromatic carbocycles. The number of ether oxygens (including phenoxy) is 1. The molecule has 0 aliphatic heterocycles. The molecule has 0 aliphatic rings. The molecule has 2 rings (SSSR count). The van der Waals surface area contributed by atoms with Crippen LogP contribution in [0.3, 0.4) is 0 Å². The summed E-state index contributed by atoms with van der Waals surface area (Å²) in [5, 5.41) is 0.706. The molecule has 0 aromatic heterocycles. The lowest BCUT2D eigenvalue weighted by Crippen LogP contribution is -1.90. The average Bonchev–Trinajstić information content (AvgIpc) is 2.26. The Balaban J connectivity index is 2.33. The largest absolute Gasteiger partial charge is 0.456 e. The van der Waals surface area contributed by atoms with Crippen LogP contribution in [0.25, 0.3) is 0 Å². The van der Waals surface area contributed by atoms with E-state index in [1.54, 1.807) is 0 Å². The van der Waals surface area contributed by atoms with Crippen LogP contribution in [0.2, 0.25) is 5.02 Å². The quantitative estimate of drug-likeness (QED) is 0.710. The molecule has 0 amide bonds. The standard InChI is InChI=1S/C14H12BrClO/c1-9-7-10(2)14(13(15)8-9)17-12-5-3-11(16)4-6-12/h3-8H,1-2H3. The zero-order chi connectivity index (χ0) is 12.4. The van der Waals surface area contributed by atoms with Gasteiger partial charge in [0.25, 0.3) is 0 Å². The Hall–Kier alpha value is -0.990. The van der Waals surface area contributed by atoms with Gasteiger partial charge >= 0.3 is 0 Å². The van der Waals surface area contributed by atoms with Gasteiger partial charge in [-0.25, -0.2) is 0 Å². The van der Waals surface area contributed by atoms with Gasteiger partial charge in [0.1, 0.15) is 11.5 Å². The fraction of sp³-hybridized carbons (Fsp3) is 0.143. The van der Waals surface area contributed by atoms with Crippen molar-refractivity contribution in [3.05, 3.63) is 57.0 Å². The molecule has 0 spiro atoms. The second-order valence-electron chi connectivity index (χ2n) is 3.95. The van der Waals surface area contributed by atoms with Crippen molar-refractivity contribution in [3.63, 3.8) is 0 Å². The van der Waals surface area contributed by atoms with Crippen LogP contribution in [-0.4, -0.2) is 0 Å². The molecule has 0 saturated heterocycles. The SMILES string of the molecule is Cc1cc(C)c(Oc2ccc(Cl)cc2)c(Br)c1. The molecule has 0 heterocycles. The van der Waals surface area contributed by atoms with Crippen LogP contribution in [0, 0.1) is 13.8 Å². The van der Waals surface area contributed by atoms with Gasteiger partial charge in [-0.2, -0.15) is 0 Å². The van der Waals surface area contributed by atoms with Crippen molar-refractivity contribution in [1.82, 2.24) is 0 Å². The predicted molar refractivity (Wildman–Crippen MR) is 75.1 cm³/mol. The van der Waals surface area contributed by atoms with Gasteiger partial charge in [0, 0.05) is 5.02 Å². The van der Waals surface area contributed by atoms with Crippen LogP contribution >= 0.6 is 27.5 Å². The van der Waals surface area contributed by atoms with E-state index in [1.807, 2.05) is 37.3 Å². The van der Waals surface area contributed by atoms with E-state index in [-0.39, 0.29) is 0 Å². The van der Waals surface area contributed by atoms with Gasteiger partial charge in [-0.1, -0.05) is 17.7 Å². The molecule has 88 valence electrons. The average molecular weight is 312 g/mol. The summed E-state index contributed by atoms with van der Waals surface area (Å²) in [6.07, 6.45) is 0. The highest BCUT2D eigenvalue weighted by molar-refractivity contribution is 9.10. The van der Waals surface area contributed by atoms with E-state index >= 15 is 0 Å². The van der Waals surface area contributed by atoms with E-state index in [2.05, 4.69) is 28.9 Å². The smallest absolute Gasteiger partial charge is 0.144 e. The van der Waals surface area contributed by atoms with Crippen LogP contribution in [0.15, 0.2) is 40.9 Å². The maximum absolute atomic E-state index is 5.84. The Bertz CT molecular complexity index is 511.